The average molecular weight is 327 g/mol. The Morgan fingerprint density at radius 1 is 1.41 bits per heavy atom. The van der Waals surface area contributed by atoms with E-state index < -0.39 is 21.0 Å². The van der Waals surface area contributed by atoms with Crippen LogP contribution in [0.5, 0.6) is 0 Å². The number of ether oxygens (including phenoxy) is 1. The van der Waals surface area contributed by atoms with Gasteiger partial charge in [0, 0.05) is 32.1 Å². The van der Waals surface area contributed by atoms with Crippen LogP contribution in [0.1, 0.15) is 12.5 Å². The maximum Gasteiger partial charge on any atom is 0.238 e. The van der Waals surface area contributed by atoms with Gasteiger partial charge in [-0.05, 0) is 18.6 Å². The van der Waals surface area contributed by atoms with Gasteiger partial charge in [0.25, 0.3) is 0 Å². The van der Waals surface area contributed by atoms with Gasteiger partial charge in [-0.15, -0.1) is 0 Å². The van der Waals surface area contributed by atoms with Crippen molar-refractivity contribution in [3.63, 3.8) is 0 Å². The highest BCUT2D eigenvalue weighted by Crippen LogP contribution is 2.13. The highest BCUT2D eigenvalue weighted by Gasteiger charge is 2.23. The van der Waals surface area contributed by atoms with E-state index in [1.807, 2.05) is 12.1 Å². The van der Waals surface area contributed by atoms with Gasteiger partial charge in [-0.3, -0.25) is 4.79 Å². The topological polar surface area (TPSA) is 88.6 Å². The molecule has 1 aliphatic rings. The first kappa shape index (κ1) is 16.7. The molecule has 1 fully saturated rings. The molecule has 2 heterocycles. The molecule has 122 valence electrons. The molecule has 1 atom stereocenters. The van der Waals surface area contributed by atoms with Crippen molar-refractivity contribution in [2.45, 2.75) is 18.7 Å². The number of carbonyl (C=O) groups excluding carboxylic acids is 1. The summed E-state index contributed by atoms with van der Waals surface area (Å²) >= 11 is 0. The molecule has 22 heavy (non-hydrogen) atoms. The van der Waals surface area contributed by atoms with Gasteiger partial charge in [0.15, 0.2) is 9.84 Å². The zero-order valence-corrected chi connectivity index (χ0v) is 13.6. The van der Waals surface area contributed by atoms with Crippen molar-refractivity contribution in [2.75, 3.05) is 37.5 Å². The highest BCUT2D eigenvalue weighted by atomic mass is 32.2. The SMILES string of the molecule is CC(C(=O)NCc1ccc(N2CCOCC2)nc1)S(C)(=O)=O. The van der Waals surface area contributed by atoms with Crippen molar-refractivity contribution in [1.82, 2.24) is 10.3 Å². The molecule has 1 N–H and O–H groups in total. The van der Waals surface area contributed by atoms with Crippen LogP contribution in [0.2, 0.25) is 0 Å². The van der Waals surface area contributed by atoms with Crippen molar-refractivity contribution in [3.8, 4) is 0 Å². The fourth-order valence-corrected chi connectivity index (χ4v) is 2.50. The lowest BCUT2D eigenvalue weighted by Gasteiger charge is -2.27. The predicted molar refractivity (Wildman–Crippen MR) is 83.4 cm³/mol. The number of nitrogens with zero attached hydrogens (tertiary/aromatic N) is 2. The molecular formula is C14H21N3O4S. The fraction of sp³-hybridized carbons (Fsp3) is 0.571. The molecule has 1 saturated heterocycles. The van der Waals surface area contributed by atoms with Gasteiger partial charge in [0.2, 0.25) is 5.91 Å². The average Bonchev–Trinajstić information content (AvgIpc) is 2.52. The number of carbonyl (C=O) groups is 1. The van der Waals surface area contributed by atoms with Crippen LogP contribution in [0, 0.1) is 0 Å². The number of hydrogen-bond donors (Lipinski definition) is 1. The van der Waals surface area contributed by atoms with E-state index in [2.05, 4.69) is 15.2 Å². The van der Waals surface area contributed by atoms with Crippen LogP contribution in [-0.2, 0) is 25.9 Å². The van der Waals surface area contributed by atoms with Gasteiger partial charge >= 0.3 is 0 Å². The molecule has 1 aromatic heterocycles. The van der Waals surface area contributed by atoms with Crippen LogP contribution in [0.25, 0.3) is 0 Å². The summed E-state index contributed by atoms with van der Waals surface area (Å²) < 4.78 is 27.9. The molecule has 8 heteroatoms. The Kier molecular flexibility index (Phi) is 5.36. The number of anilines is 1. The summed E-state index contributed by atoms with van der Waals surface area (Å²) in [5.74, 6) is 0.377. The third kappa shape index (κ3) is 4.41. The summed E-state index contributed by atoms with van der Waals surface area (Å²) in [6.07, 6.45) is 2.74. The van der Waals surface area contributed by atoms with Gasteiger partial charge in [-0.2, -0.15) is 0 Å². The second kappa shape index (κ2) is 7.06. The van der Waals surface area contributed by atoms with Crippen LogP contribution in [0.15, 0.2) is 18.3 Å². The summed E-state index contributed by atoms with van der Waals surface area (Å²) in [4.78, 5) is 18.3. The molecule has 1 unspecified atom stereocenters. The van der Waals surface area contributed by atoms with Crippen LogP contribution in [0.3, 0.4) is 0 Å². The summed E-state index contributed by atoms with van der Waals surface area (Å²) in [5.41, 5.74) is 0.825. The van der Waals surface area contributed by atoms with Crippen LogP contribution in [0.4, 0.5) is 5.82 Å². The fourth-order valence-electron chi connectivity index (χ4n) is 2.03. The summed E-state index contributed by atoms with van der Waals surface area (Å²) in [6, 6.07) is 3.77. The molecule has 0 bridgehead atoms. The van der Waals surface area contributed by atoms with E-state index in [4.69, 9.17) is 4.74 Å². The molecule has 7 nitrogen and oxygen atoms in total. The third-order valence-corrected chi connectivity index (χ3v) is 5.12. The molecule has 0 radical (unpaired) electrons. The Labute approximate surface area is 130 Å². The van der Waals surface area contributed by atoms with Crippen molar-refractivity contribution in [2.24, 2.45) is 0 Å². The molecule has 1 aliphatic heterocycles. The van der Waals surface area contributed by atoms with Gasteiger partial charge < -0.3 is 15.0 Å². The smallest absolute Gasteiger partial charge is 0.238 e. The summed E-state index contributed by atoms with van der Waals surface area (Å²) in [6.45, 7) is 4.66. The van der Waals surface area contributed by atoms with Crippen LogP contribution in [-0.4, -0.2) is 57.1 Å². The molecule has 2 rings (SSSR count). The Balaban J connectivity index is 1.90. The number of hydrogen-bond acceptors (Lipinski definition) is 6. The van der Waals surface area contributed by atoms with E-state index in [0.717, 1.165) is 30.7 Å². The largest absolute Gasteiger partial charge is 0.378 e. The number of nitrogens with one attached hydrogen (secondary N) is 1. The van der Waals surface area contributed by atoms with Crippen LogP contribution < -0.4 is 10.2 Å². The zero-order chi connectivity index (χ0) is 16.2. The Hall–Kier alpha value is -1.67. The lowest BCUT2D eigenvalue weighted by atomic mass is 10.2. The summed E-state index contributed by atoms with van der Waals surface area (Å²) in [5, 5.41) is 1.56. The van der Waals surface area contributed by atoms with E-state index in [9.17, 15) is 13.2 Å². The first-order chi connectivity index (χ1) is 10.4. The van der Waals surface area contributed by atoms with Gasteiger partial charge in [-0.25, -0.2) is 13.4 Å². The normalized spacial score (nSPS) is 17.1. The van der Waals surface area contributed by atoms with E-state index in [-0.39, 0.29) is 6.54 Å². The van der Waals surface area contributed by atoms with E-state index in [0.29, 0.717) is 13.2 Å². The molecule has 1 amide bonds. The highest BCUT2D eigenvalue weighted by molar-refractivity contribution is 7.92. The second-order valence-electron chi connectivity index (χ2n) is 5.31. The molecule has 0 saturated carbocycles. The number of morpholine rings is 1. The van der Waals surface area contributed by atoms with Crippen molar-refractivity contribution in [1.29, 1.82) is 0 Å². The van der Waals surface area contributed by atoms with Gasteiger partial charge in [0.1, 0.15) is 11.1 Å². The standard InChI is InChI=1S/C14H21N3O4S/c1-11(22(2,19)20)14(18)16-10-12-3-4-13(15-9-12)17-5-7-21-8-6-17/h3-4,9,11H,5-8,10H2,1-2H3,(H,16,18). The number of pyridine rings is 1. The number of aromatic nitrogens is 1. The van der Waals surface area contributed by atoms with E-state index in [1.165, 1.54) is 6.92 Å². The summed E-state index contributed by atoms with van der Waals surface area (Å²) in [7, 11) is -3.37. The third-order valence-electron chi connectivity index (χ3n) is 3.62. The second-order valence-corrected chi connectivity index (χ2v) is 7.68. The zero-order valence-electron chi connectivity index (χ0n) is 12.8. The van der Waals surface area contributed by atoms with Crippen molar-refractivity contribution >= 4 is 21.6 Å². The quantitative estimate of drug-likeness (QED) is 0.817. The van der Waals surface area contributed by atoms with Crippen LogP contribution >= 0.6 is 0 Å². The van der Waals surface area contributed by atoms with Crippen molar-refractivity contribution < 1.29 is 17.9 Å². The predicted octanol–water partition coefficient (Wildman–Crippen LogP) is -0.0325. The number of rotatable bonds is 5. The number of amides is 1. The number of sulfone groups is 1. The maximum atomic E-state index is 11.7. The van der Waals surface area contributed by atoms with Crippen molar-refractivity contribution in [3.05, 3.63) is 23.9 Å². The Morgan fingerprint density at radius 3 is 2.64 bits per heavy atom. The minimum Gasteiger partial charge on any atom is -0.378 e. The molecule has 0 aliphatic carbocycles. The lowest BCUT2D eigenvalue weighted by Crippen LogP contribution is -2.37. The molecule has 1 aromatic rings. The Bertz CT molecular complexity index is 609. The lowest BCUT2D eigenvalue weighted by molar-refractivity contribution is -0.120. The van der Waals surface area contributed by atoms with Gasteiger partial charge in [0.05, 0.1) is 13.2 Å². The molecule has 0 aromatic carbocycles. The first-order valence-electron chi connectivity index (χ1n) is 7.12. The minimum absolute atomic E-state index is 0.259. The molecule has 0 spiro atoms. The maximum absolute atomic E-state index is 11.7. The first-order valence-corrected chi connectivity index (χ1v) is 9.07. The Morgan fingerprint density at radius 2 is 2.09 bits per heavy atom. The minimum atomic E-state index is -3.37. The van der Waals surface area contributed by atoms with Gasteiger partial charge in [-0.1, -0.05) is 6.07 Å². The van der Waals surface area contributed by atoms with E-state index in [1.54, 1.807) is 6.20 Å². The molecular weight excluding hydrogens is 306 g/mol. The monoisotopic (exact) mass is 327 g/mol. The van der Waals surface area contributed by atoms with E-state index >= 15 is 0 Å².